The first-order chi connectivity index (χ1) is 13.9. The summed E-state index contributed by atoms with van der Waals surface area (Å²) in [7, 11) is 0. The smallest absolute Gasteiger partial charge is 0.358 e. The van der Waals surface area contributed by atoms with E-state index in [-0.39, 0.29) is 12.5 Å². The lowest BCUT2D eigenvalue weighted by Gasteiger charge is -2.07. The quantitative estimate of drug-likeness (QED) is 0.253. The van der Waals surface area contributed by atoms with Crippen molar-refractivity contribution < 1.29 is 4.92 Å². The third-order valence-corrected chi connectivity index (χ3v) is 5.57. The zero-order valence-electron chi connectivity index (χ0n) is 15.3. The second-order valence-corrected chi connectivity index (χ2v) is 8.28. The number of nitrogens with zero attached hydrogens (tertiary/aromatic N) is 5. The van der Waals surface area contributed by atoms with Crippen LogP contribution in [0.15, 0.2) is 69.7 Å². The first-order valence-electron chi connectivity index (χ1n) is 8.69. The maximum atomic E-state index is 11.0. The summed E-state index contributed by atoms with van der Waals surface area (Å²) < 4.78 is 5.32. The van der Waals surface area contributed by atoms with Gasteiger partial charge in [0.25, 0.3) is 0 Å². The Morgan fingerprint density at radius 1 is 0.931 bits per heavy atom. The van der Waals surface area contributed by atoms with Gasteiger partial charge in [0.1, 0.15) is 0 Å². The number of halogens is 2. The van der Waals surface area contributed by atoms with Crippen LogP contribution < -0.4 is 0 Å². The molecule has 2 aromatic carbocycles. The van der Waals surface area contributed by atoms with Gasteiger partial charge in [0.05, 0.1) is 28.7 Å². The highest BCUT2D eigenvalue weighted by molar-refractivity contribution is 9.10. The molecule has 0 fully saturated rings. The fourth-order valence-electron chi connectivity index (χ4n) is 3.17. The highest BCUT2D eigenvalue weighted by Crippen LogP contribution is 2.33. The molecule has 4 aromatic rings. The molecule has 7 nitrogen and oxygen atoms in total. The standard InChI is InChI=1S/C20H15Br2N5O2/c1-13-19(14-2-6-16(21)7-3-14)24-26(12-25-11-10-18(23-25)27(28)29)20(13)15-4-8-17(22)9-5-15/h2-11H,12H2,1H3. The van der Waals surface area contributed by atoms with Crippen molar-refractivity contribution >= 4 is 37.7 Å². The SMILES string of the molecule is Cc1c(-c2ccc(Br)cc2)nn(Cn2ccc([N+](=O)[O-])n2)c1-c1ccc(Br)cc1. The number of hydrogen-bond acceptors (Lipinski definition) is 4. The summed E-state index contributed by atoms with van der Waals surface area (Å²) in [4.78, 5) is 10.5. The zero-order chi connectivity index (χ0) is 20.5. The number of benzene rings is 2. The maximum absolute atomic E-state index is 11.0. The summed E-state index contributed by atoms with van der Waals surface area (Å²) in [5, 5.41) is 19.8. The van der Waals surface area contributed by atoms with Crippen LogP contribution in [0.25, 0.3) is 22.5 Å². The molecule has 0 saturated carbocycles. The lowest BCUT2D eigenvalue weighted by Crippen LogP contribution is -2.12. The van der Waals surface area contributed by atoms with E-state index < -0.39 is 4.92 Å². The van der Waals surface area contributed by atoms with Crippen LogP contribution in [0.1, 0.15) is 5.56 Å². The molecule has 0 unspecified atom stereocenters. The van der Waals surface area contributed by atoms with Gasteiger partial charge in [-0.15, -0.1) is 0 Å². The lowest BCUT2D eigenvalue weighted by molar-refractivity contribution is -0.389. The van der Waals surface area contributed by atoms with Crippen molar-refractivity contribution in [3.8, 4) is 22.5 Å². The summed E-state index contributed by atoms with van der Waals surface area (Å²) in [6.45, 7) is 2.29. The number of aromatic nitrogens is 4. The third-order valence-electron chi connectivity index (χ3n) is 4.52. The number of rotatable bonds is 5. The summed E-state index contributed by atoms with van der Waals surface area (Å²) in [6.07, 6.45) is 1.58. The Labute approximate surface area is 183 Å². The van der Waals surface area contributed by atoms with Gasteiger partial charge in [0.2, 0.25) is 0 Å². The first kappa shape index (κ1) is 19.5. The Bertz CT molecular complexity index is 1180. The molecule has 2 heterocycles. The van der Waals surface area contributed by atoms with Crippen molar-refractivity contribution in [3.63, 3.8) is 0 Å². The molecular weight excluding hydrogens is 502 g/mol. The molecule has 0 aliphatic rings. The molecule has 0 amide bonds. The minimum absolute atomic E-state index is 0.188. The summed E-state index contributed by atoms with van der Waals surface area (Å²) in [6, 6.07) is 17.3. The first-order valence-corrected chi connectivity index (χ1v) is 10.3. The molecule has 0 aliphatic heterocycles. The van der Waals surface area contributed by atoms with E-state index in [0.717, 1.165) is 37.0 Å². The van der Waals surface area contributed by atoms with Gasteiger partial charge in [-0.05, 0) is 36.1 Å². The summed E-state index contributed by atoms with van der Waals surface area (Å²) in [5.74, 6) is -0.188. The van der Waals surface area contributed by atoms with E-state index in [2.05, 4.69) is 37.0 Å². The van der Waals surface area contributed by atoms with Crippen molar-refractivity contribution in [3.05, 3.63) is 85.4 Å². The normalized spacial score (nSPS) is 11.0. The van der Waals surface area contributed by atoms with Crippen LogP contribution >= 0.6 is 31.9 Å². The number of nitro groups is 1. The van der Waals surface area contributed by atoms with Crippen LogP contribution in [0.4, 0.5) is 5.82 Å². The Hall–Kier alpha value is -2.78. The van der Waals surface area contributed by atoms with E-state index in [9.17, 15) is 10.1 Å². The Morgan fingerprint density at radius 3 is 2.07 bits per heavy atom. The van der Waals surface area contributed by atoms with Gasteiger partial charge in [0.15, 0.2) is 6.67 Å². The second kappa shape index (κ2) is 7.92. The molecule has 4 rings (SSSR count). The summed E-state index contributed by atoms with van der Waals surface area (Å²) >= 11 is 6.93. The van der Waals surface area contributed by atoms with E-state index in [0.29, 0.717) is 0 Å². The molecule has 0 radical (unpaired) electrons. The van der Waals surface area contributed by atoms with Crippen LogP contribution in [0.2, 0.25) is 0 Å². The van der Waals surface area contributed by atoms with Crippen LogP contribution in [-0.4, -0.2) is 24.5 Å². The molecule has 0 aliphatic carbocycles. The topological polar surface area (TPSA) is 78.8 Å². The van der Waals surface area contributed by atoms with E-state index in [4.69, 9.17) is 5.10 Å². The fraction of sp³-hybridized carbons (Fsp3) is 0.100. The average Bonchev–Trinajstić information content (AvgIpc) is 3.29. The van der Waals surface area contributed by atoms with Crippen molar-refractivity contribution in [2.45, 2.75) is 13.6 Å². The monoisotopic (exact) mass is 515 g/mol. The minimum atomic E-state index is -0.506. The largest absolute Gasteiger partial charge is 0.389 e. The number of hydrogen-bond donors (Lipinski definition) is 0. The van der Waals surface area contributed by atoms with Gasteiger partial charge >= 0.3 is 5.82 Å². The Morgan fingerprint density at radius 2 is 1.52 bits per heavy atom. The van der Waals surface area contributed by atoms with Gasteiger partial charge in [-0.2, -0.15) is 9.78 Å². The van der Waals surface area contributed by atoms with Crippen molar-refractivity contribution in [2.24, 2.45) is 0 Å². The van der Waals surface area contributed by atoms with Gasteiger partial charge in [0, 0.05) is 25.6 Å². The van der Waals surface area contributed by atoms with E-state index in [1.54, 1.807) is 6.20 Å². The van der Waals surface area contributed by atoms with Crippen LogP contribution in [0.5, 0.6) is 0 Å². The highest BCUT2D eigenvalue weighted by atomic mass is 79.9. The van der Waals surface area contributed by atoms with Crippen molar-refractivity contribution in [2.75, 3.05) is 0 Å². The molecular formula is C20H15Br2N5O2. The van der Waals surface area contributed by atoms with Gasteiger partial charge in [-0.1, -0.05) is 56.1 Å². The molecule has 146 valence electrons. The predicted octanol–water partition coefficient (Wildman–Crippen LogP) is 5.66. The van der Waals surface area contributed by atoms with Crippen LogP contribution in [-0.2, 0) is 6.67 Å². The predicted molar refractivity (Wildman–Crippen MR) is 118 cm³/mol. The second-order valence-electron chi connectivity index (χ2n) is 6.45. The lowest BCUT2D eigenvalue weighted by atomic mass is 10.0. The molecule has 9 heteroatoms. The molecule has 2 aromatic heterocycles. The zero-order valence-corrected chi connectivity index (χ0v) is 18.5. The van der Waals surface area contributed by atoms with Crippen molar-refractivity contribution in [1.29, 1.82) is 0 Å². The van der Waals surface area contributed by atoms with E-state index in [1.165, 1.54) is 10.7 Å². The van der Waals surface area contributed by atoms with Crippen molar-refractivity contribution in [1.82, 2.24) is 19.6 Å². The molecule has 0 N–H and O–H groups in total. The maximum Gasteiger partial charge on any atom is 0.389 e. The highest BCUT2D eigenvalue weighted by Gasteiger charge is 2.19. The molecule has 29 heavy (non-hydrogen) atoms. The van der Waals surface area contributed by atoms with Crippen LogP contribution in [0, 0.1) is 17.0 Å². The van der Waals surface area contributed by atoms with Crippen LogP contribution in [0.3, 0.4) is 0 Å². The Balaban J connectivity index is 1.83. The fourth-order valence-corrected chi connectivity index (χ4v) is 3.70. The average molecular weight is 517 g/mol. The van der Waals surface area contributed by atoms with Gasteiger partial charge in [-0.3, -0.25) is 0 Å². The van der Waals surface area contributed by atoms with E-state index >= 15 is 0 Å². The minimum Gasteiger partial charge on any atom is -0.358 e. The molecule has 0 bridgehead atoms. The third kappa shape index (κ3) is 4.01. The Kier molecular flexibility index (Phi) is 5.33. The molecule has 0 saturated heterocycles. The van der Waals surface area contributed by atoms with E-state index in [1.807, 2.05) is 60.1 Å². The van der Waals surface area contributed by atoms with Gasteiger partial charge in [-0.25, -0.2) is 4.68 Å². The van der Waals surface area contributed by atoms with Gasteiger partial charge < -0.3 is 10.1 Å². The summed E-state index contributed by atoms with van der Waals surface area (Å²) in [5.41, 5.74) is 4.82. The molecule has 0 atom stereocenters. The molecule has 0 spiro atoms.